The number of carbonyl (C=O) groups is 1. The summed E-state index contributed by atoms with van der Waals surface area (Å²) in [6, 6.07) is 6.38. The molecule has 1 rings (SSSR count). The molecular weight excluding hydrogens is 202 g/mol. The highest BCUT2D eigenvalue weighted by Crippen LogP contribution is 2.16. The number of hydrogen-bond acceptors (Lipinski definition) is 3. The minimum absolute atomic E-state index is 0.210. The van der Waals surface area contributed by atoms with Gasteiger partial charge in [0, 0.05) is 5.02 Å². The predicted molar refractivity (Wildman–Crippen MR) is 52.1 cm³/mol. The molecule has 0 saturated carbocycles. The fourth-order valence-electron chi connectivity index (χ4n) is 0.992. The Balaban J connectivity index is 3.12. The van der Waals surface area contributed by atoms with Gasteiger partial charge in [0.15, 0.2) is 0 Å². The van der Waals surface area contributed by atoms with Crippen LogP contribution in [0, 0.1) is 11.3 Å². The highest BCUT2D eigenvalue weighted by molar-refractivity contribution is 6.31. The summed E-state index contributed by atoms with van der Waals surface area (Å²) in [5.74, 6) is -0.522. The standard InChI is InChI=1S/C10H8ClNO2/c1-2-14-10(13)9-5-8(11)4-3-7(9)6-12/h3-5H,2H2,1H3. The van der Waals surface area contributed by atoms with Crippen molar-refractivity contribution >= 4 is 17.6 Å². The summed E-state index contributed by atoms with van der Waals surface area (Å²) in [6.07, 6.45) is 0. The number of ether oxygens (including phenoxy) is 1. The molecule has 0 aliphatic carbocycles. The molecule has 0 aromatic heterocycles. The second kappa shape index (κ2) is 4.64. The molecule has 0 unspecified atom stereocenters. The Kier molecular flexibility index (Phi) is 3.49. The average molecular weight is 210 g/mol. The maximum atomic E-state index is 11.3. The molecule has 0 bridgehead atoms. The molecule has 0 amide bonds. The van der Waals surface area contributed by atoms with Gasteiger partial charge < -0.3 is 4.74 Å². The summed E-state index contributed by atoms with van der Waals surface area (Å²) in [5, 5.41) is 9.13. The van der Waals surface area contributed by atoms with Gasteiger partial charge in [-0.3, -0.25) is 0 Å². The molecule has 0 heterocycles. The van der Waals surface area contributed by atoms with E-state index in [9.17, 15) is 4.79 Å². The minimum Gasteiger partial charge on any atom is -0.462 e. The van der Waals surface area contributed by atoms with Crippen LogP contribution in [0.3, 0.4) is 0 Å². The fourth-order valence-corrected chi connectivity index (χ4v) is 1.16. The van der Waals surface area contributed by atoms with Gasteiger partial charge in [0.05, 0.1) is 17.7 Å². The Morgan fingerprint density at radius 1 is 1.64 bits per heavy atom. The van der Waals surface area contributed by atoms with Crippen molar-refractivity contribution in [1.82, 2.24) is 0 Å². The normalized spacial score (nSPS) is 9.21. The molecule has 0 fully saturated rings. The molecule has 0 aliphatic heterocycles. The van der Waals surface area contributed by atoms with Crippen LogP contribution in [-0.4, -0.2) is 12.6 Å². The highest BCUT2D eigenvalue weighted by Gasteiger charge is 2.12. The lowest BCUT2D eigenvalue weighted by Crippen LogP contribution is -2.06. The average Bonchev–Trinajstić information content (AvgIpc) is 2.18. The van der Waals surface area contributed by atoms with E-state index in [2.05, 4.69) is 0 Å². The lowest BCUT2D eigenvalue weighted by atomic mass is 10.1. The van der Waals surface area contributed by atoms with E-state index in [0.29, 0.717) is 5.02 Å². The van der Waals surface area contributed by atoms with Gasteiger partial charge in [-0.25, -0.2) is 4.79 Å². The van der Waals surface area contributed by atoms with E-state index in [-0.39, 0.29) is 17.7 Å². The smallest absolute Gasteiger partial charge is 0.339 e. The van der Waals surface area contributed by atoms with Crippen LogP contribution < -0.4 is 0 Å². The number of nitrogens with zero attached hydrogens (tertiary/aromatic N) is 1. The van der Waals surface area contributed by atoms with E-state index < -0.39 is 5.97 Å². The predicted octanol–water partition coefficient (Wildman–Crippen LogP) is 2.39. The Morgan fingerprint density at radius 2 is 2.36 bits per heavy atom. The third-order valence-electron chi connectivity index (χ3n) is 1.60. The van der Waals surface area contributed by atoms with Crippen LogP contribution in [0.4, 0.5) is 0 Å². The maximum absolute atomic E-state index is 11.3. The molecule has 0 atom stereocenters. The zero-order valence-electron chi connectivity index (χ0n) is 7.58. The summed E-state index contributed by atoms with van der Waals surface area (Å²) in [5.41, 5.74) is 0.481. The zero-order valence-corrected chi connectivity index (χ0v) is 8.34. The van der Waals surface area contributed by atoms with Gasteiger partial charge in [-0.15, -0.1) is 0 Å². The van der Waals surface area contributed by atoms with Crippen molar-refractivity contribution in [2.24, 2.45) is 0 Å². The second-order valence-corrected chi connectivity index (χ2v) is 2.96. The van der Waals surface area contributed by atoms with E-state index in [4.69, 9.17) is 21.6 Å². The van der Waals surface area contributed by atoms with Crippen molar-refractivity contribution in [2.45, 2.75) is 6.92 Å². The molecule has 14 heavy (non-hydrogen) atoms. The van der Waals surface area contributed by atoms with E-state index in [1.807, 2.05) is 6.07 Å². The number of esters is 1. The Morgan fingerprint density at radius 3 is 2.93 bits per heavy atom. The molecular formula is C10H8ClNO2. The highest BCUT2D eigenvalue weighted by atomic mass is 35.5. The van der Waals surface area contributed by atoms with Crippen molar-refractivity contribution in [3.63, 3.8) is 0 Å². The molecule has 72 valence electrons. The lowest BCUT2D eigenvalue weighted by molar-refractivity contribution is 0.0526. The van der Waals surface area contributed by atoms with Gasteiger partial charge in [0.1, 0.15) is 6.07 Å². The van der Waals surface area contributed by atoms with Crippen molar-refractivity contribution in [3.05, 3.63) is 34.3 Å². The van der Waals surface area contributed by atoms with Gasteiger partial charge in [-0.05, 0) is 25.1 Å². The van der Waals surface area contributed by atoms with Crippen molar-refractivity contribution in [3.8, 4) is 6.07 Å². The third kappa shape index (κ3) is 2.24. The van der Waals surface area contributed by atoms with Gasteiger partial charge >= 0.3 is 5.97 Å². The van der Waals surface area contributed by atoms with E-state index >= 15 is 0 Å². The fraction of sp³-hybridized carbons (Fsp3) is 0.200. The van der Waals surface area contributed by atoms with Crippen molar-refractivity contribution in [1.29, 1.82) is 5.26 Å². The molecule has 4 heteroatoms. The number of hydrogen-bond donors (Lipinski definition) is 0. The summed E-state index contributed by atoms with van der Waals surface area (Å²) >= 11 is 5.70. The molecule has 1 aromatic carbocycles. The van der Waals surface area contributed by atoms with E-state index in [0.717, 1.165) is 0 Å². The summed E-state index contributed by atoms with van der Waals surface area (Å²) < 4.78 is 4.78. The largest absolute Gasteiger partial charge is 0.462 e. The van der Waals surface area contributed by atoms with Gasteiger partial charge in [-0.2, -0.15) is 5.26 Å². The second-order valence-electron chi connectivity index (χ2n) is 2.52. The third-order valence-corrected chi connectivity index (χ3v) is 1.83. The summed E-state index contributed by atoms with van der Waals surface area (Å²) in [4.78, 5) is 11.3. The van der Waals surface area contributed by atoms with Crippen LogP contribution in [0.2, 0.25) is 5.02 Å². The van der Waals surface area contributed by atoms with Gasteiger partial charge in [-0.1, -0.05) is 11.6 Å². The molecule has 0 N–H and O–H groups in total. The quantitative estimate of drug-likeness (QED) is 0.703. The number of carbonyl (C=O) groups excluding carboxylic acids is 1. The van der Waals surface area contributed by atoms with Gasteiger partial charge in [0.25, 0.3) is 0 Å². The van der Waals surface area contributed by atoms with Crippen molar-refractivity contribution < 1.29 is 9.53 Å². The van der Waals surface area contributed by atoms with E-state index in [1.54, 1.807) is 13.0 Å². The van der Waals surface area contributed by atoms with Crippen molar-refractivity contribution in [2.75, 3.05) is 6.61 Å². The molecule has 0 saturated heterocycles. The Bertz CT molecular complexity index is 396. The number of rotatable bonds is 2. The first-order valence-corrected chi connectivity index (χ1v) is 4.43. The SMILES string of the molecule is CCOC(=O)c1cc(Cl)ccc1C#N. The van der Waals surface area contributed by atoms with Gasteiger partial charge in [0.2, 0.25) is 0 Å². The minimum atomic E-state index is -0.522. The van der Waals surface area contributed by atoms with Crippen LogP contribution in [0.15, 0.2) is 18.2 Å². The van der Waals surface area contributed by atoms with Crippen LogP contribution in [-0.2, 0) is 4.74 Å². The topological polar surface area (TPSA) is 50.1 Å². The van der Waals surface area contributed by atoms with E-state index in [1.165, 1.54) is 12.1 Å². The Hall–Kier alpha value is -1.53. The van der Waals surface area contributed by atoms with Crippen LogP contribution in [0.5, 0.6) is 0 Å². The first kappa shape index (κ1) is 10.6. The maximum Gasteiger partial charge on any atom is 0.339 e. The molecule has 0 aliphatic rings. The number of nitriles is 1. The monoisotopic (exact) mass is 209 g/mol. The zero-order chi connectivity index (χ0) is 10.6. The molecule has 1 aromatic rings. The lowest BCUT2D eigenvalue weighted by Gasteiger charge is -2.03. The van der Waals surface area contributed by atoms with Crippen LogP contribution in [0.25, 0.3) is 0 Å². The summed E-state index contributed by atoms with van der Waals surface area (Å²) in [6.45, 7) is 1.98. The Labute approximate surface area is 86.9 Å². The first-order valence-electron chi connectivity index (χ1n) is 4.05. The molecule has 0 spiro atoms. The van der Waals surface area contributed by atoms with Crippen LogP contribution >= 0.6 is 11.6 Å². The molecule has 0 radical (unpaired) electrons. The van der Waals surface area contributed by atoms with Crippen LogP contribution in [0.1, 0.15) is 22.8 Å². The number of halogens is 1. The molecule has 3 nitrogen and oxygen atoms in total. The number of benzene rings is 1. The first-order chi connectivity index (χ1) is 6.69. The summed E-state index contributed by atoms with van der Waals surface area (Å²) in [7, 11) is 0.